The maximum atomic E-state index is 12.2. The summed E-state index contributed by atoms with van der Waals surface area (Å²) < 4.78 is 5.31. The van der Waals surface area contributed by atoms with Gasteiger partial charge in [0.1, 0.15) is 0 Å². The molecule has 2 unspecified atom stereocenters. The van der Waals surface area contributed by atoms with Crippen LogP contribution in [0, 0.1) is 12.8 Å². The molecule has 1 fully saturated rings. The summed E-state index contributed by atoms with van der Waals surface area (Å²) in [6.07, 6.45) is 1.61. The van der Waals surface area contributed by atoms with E-state index in [2.05, 4.69) is 15.6 Å². The van der Waals surface area contributed by atoms with Crippen LogP contribution in [0.1, 0.15) is 5.56 Å². The van der Waals surface area contributed by atoms with E-state index in [1.807, 2.05) is 20.0 Å². The molecule has 0 saturated carbocycles. The van der Waals surface area contributed by atoms with Gasteiger partial charge in [-0.1, -0.05) is 11.6 Å². The van der Waals surface area contributed by atoms with E-state index in [1.54, 1.807) is 6.20 Å². The normalized spacial score (nSPS) is 23.1. The summed E-state index contributed by atoms with van der Waals surface area (Å²) in [6.45, 7) is 2.85. The predicted octanol–water partition coefficient (Wildman–Crippen LogP) is 1.22. The lowest BCUT2D eigenvalue weighted by Gasteiger charge is -2.17. The molecule has 1 aromatic heterocycles. The quantitative estimate of drug-likeness (QED) is 0.810. The van der Waals surface area contributed by atoms with Gasteiger partial charge in [0.25, 0.3) is 0 Å². The second kappa shape index (κ2) is 5.65. The van der Waals surface area contributed by atoms with Gasteiger partial charge in [0.2, 0.25) is 5.91 Å². The van der Waals surface area contributed by atoms with Crippen LogP contribution in [0.15, 0.2) is 12.3 Å². The van der Waals surface area contributed by atoms with E-state index in [-0.39, 0.29) is 17.9 Å². The fourth-order valence-electron chi connectivity index (χ4n) is 1.99. The van der Waals surface area contributed by atoms with Crippen molar-refractivity contribution in [3.63, 3.8) is 0 Å². The number of hydrogen-bond donors (Lipinski definition) is 2. The van der Waals surface area contributed by atoms with Crippen molar-refractivity contribution in [3.05, 3.63) is 23.0 Å². The van der Waals surface area contributed by atoms with Gasteiger partial charge in [0, 0.05) is 12.2 Å². The van der Waals surface area contributed by atoms with Gasteiger partial charge in [0.15, 0.2) is 5.15 Å². The maximum absolute atomic E-state index is 12.2. The lowest BCUT2D eigenvalue weighted by molar-refractivity contribution is -0.120. The van der Waals surface area contributed by atoms with Crippen LogP contribution in [0.2, 0.25) is 5.15 Å². The monoisotopic (exact) mass is 269 g/mol. The minimum atomic E-state index is -0.203. The van der Waals surface area contributed by atoms with Crippen molar-refractivity contribution in [2.24, 2.45) is 5.92 Å². The first-order valence-corrected chi connectivity index (χ1v) is 6.18. The van der Waals surface area contributed by atoms with Crippen molar-refractivity contribution in [1.82, 2.24) is 10.3 Å². The third-order valence-electron chi connectivity index (χ3n) is 3.15. The zero-order valence-corrected chi connectivity index (χ0v) is 11.1. The molecule has 1 aromatic rings. The zero-order valence-electron chi connectivity index (χ0n) is 10.4. The minimum Gasteiger partial charge on any atom is -0.379 e. The molecule has 0 bridgehead atoms. The Morgan fingerprint density at radius 1 is 1.56 bits per heavy atom. The third-order valence-corrected chi connectivity index (χ3v) is 3.44. The van der Waals surface area contributed by atoms with Gasteiger partial charge in [0.05, 0.1) is 24.8 Å². The molecular weight excluding hydrogens is 254 g/mol. The summed E-state index contributed by atoms with van der Waals surface area (Å²) in [6, 6.07) is 1.85. The fraction of sp³-hybridized carbons (Fsp3) is 0.500. The Morgan fingerprint density at radius 3 is 3.00 bits per heavy atom. The molecule has 0 spiro atoms. The molecule has 1 amide bonds. The smallest absolute Gasteiger partial charge is 0.231 e. The molecule has 2 rings (SSSR count). The molecule has 5 nitrogen and oxygen atoms in total. The second-order valence-electron chi connectivity index (χ2n) is 4.32. The molecule has 0 aliphatic carbocycles. The minimum absolute atomic E-state index is 0.0424. The van der Waals surface area contributed by atoms with Crippen molar-refractivity contribution in [2.45, 2.75) is 13.0 Å². The van der Waals surface area contributed by atoms with E-state index >= 15 is 0 Å². The number of aryl methyl sites for hydroxylation is 1. The van der Waals surface area contributed by atoms with E-state index in [0.29, 0.717) is 24.1 Å². The Morgan fingerprint density at radius 2 is 2.33 bits per heavy atom. The predicted molar refractivity (Wildman–Crippen MR) is 69.8 cm³/mol. The van der Waals surface area contributed by atoms with Gasteiger partial charge in [-0.05, 0) is 25.6 Å². The Balaban J connectivity index is 2.12. The molecule has 0 aromatic carbocycles. The van der Waals surface area contributed by atoms with E-state index < -0.39 is 0 Å². The Kier molecular flexibility index (Phi) is 4.16. The van der Waals surface area contributed by atoms with Gasteiger partial charge >= 0.3 is 0 Å². The van der Waals surface area contributed by atoms with Crippen LogP contribution in [0.3, 0.4) is 0 Å². The number of carbonyl (C=O) groups excluding carboxylic acids is 1. The van der Waals surface area contributed by atoms with Gasteiger partial charge in [-0.15, -0.1) is 0 Å². The lowest BCUT2D eigenvalue weighted by atomic mass is 10.0. The largest absolute Gasteiger partial charge is 0.379 e. The first-order chi connectivity index (χ1) is 8.63. The van der Waals surface area contributed by atoms with Crippen LogP contribution < -0.4 is 10.6 Å². The summed E-state index contributed by atoms with van der Waals surface area (Å²) >= 11 is 5.98. The first-order valence-electron chi connectivity index (χ1n) is 5.80. The highest BCUT2D eigenvalue weighted by atomic mass is 35.5. The second-order valence-corrected chi connectivity index (χ2v) is 4.68. The molecule has 18 heavy (non-hydrogen) atoms. The Labute approximate surface area is 111 Å². The number of aromatic nitrogens is 1. The van der Waals surface area contributed by atoms with Crippen LogP contribution in [-0.2, 0) is 9.53 Å². The number of nitrogens with zero attached hydrogens (tertiary/aromatic N) is 1. The highest BCUT2D eigenvalue weighted by molar-refractivity contribution is 6.32. The van der Waals surface area contributed by atoms with Crippen molar-refractivity contribution in [3.8, 4) is 0 Å². The Bertz CT molecular complexity index is 433. The van der Waals surface area contributed by atoms with Crippen LogP contribution in [0.5, 0.6) is 0 Å². The van der Waals surface area contributed by atoms with Gasteiger partial charge in [-0.25, -0.2) is 4.98 Å². The van der Waals surface area contributed by atoms with Crippen LogP contribution in [0.25, 0.3) is 0 Å². The van der Waals surface area contributed by atoms with E-state index in [1.165, 1.54) is 0 Å². The van der Waals surface area contributed by atoms with Crippen LogP contribution >= 0.6 is 11.6 Å². The molecule has 1 aliphatic rings. The zero-order chi connectivity index (χ0) is 13.1. The highest BCUT2D eigenvalue weighted by Crippen LogP contribution is 2.24. The molecule has 98 valence electrons. The third kappa shape index (κ3) is 2.63. The molecule has 2 heterocycles. The van der Waals surface area contributed by atoms with Crippen LogP contribution in [0.4, 0.5) is 5.69 Å². The van der Waals surface area contributed by atoms with E-state index in [0.717, 1.165) is 5.56 Å². The molecule has 6 heteroatoms. The molecule has 1 aliphatic heterocycles. The number of carbonyl (C=O) groups is 1. The summed E-state index contributed by atoms with van der Waals surface area (Å²) in [5, 5.41) is 6.22. The number of anilines is 1. The van der Waals surface area contributed by atoms with Gasteiger partial charge < -0.3 is 15.4 Å². The summed E-state index contributed by atoms with van der Waals surface area (Å²) in [7, 11) is 1.82. The number of halogens is 1. The molecular formula is C12H16ClN3O2. The highest BCUT2D eigenvalue weighted by Gasteiger charge is 2.33. The van der Waals surface area contributed by atoms with E-state index in [9.17, 15) is 4.79 Å². The standard InChI is InChI=1S/C12H16ClN3O2/c1-7-3-4-15-11(13)10(7)16-12(17)8-5-18-6-9(8)14-2/h3-4,8-9,14H,5-6H2,1-2H3,(H,16,17). The SMILES string of the molecule is CNC1COCC1C(=O)Nc1c(C)ccnc1Cl. The maximum Gasteiger partial charge on any atom is 0.231 e. The number of hydrogen-bond acceptors (Lipinski definition) is 4. The van der Waals surface area contributed by atoms with E-state index in [4.69, 9.17) is 16.3 Å². The molecule has 2 N–H and O–H groups in total. The molecule has 1 saturated heterocycles. The van der Waals surface area contributed by atoms with Crippen molar-refractivity contribution < 1.29 is 9.53 Å². The average molecular weight is 270 g/mol. The number of amides is 1. The average Bonchev–Trinajstić information content (AvgIpc) is 2.82. The topological polar surface area (TPSA) is 63.2 Å². The fourth-order valence-corrected chi connectivity index (χ4v) is 2.24. The molecule has 2 atom stereocenters. The number of nitrogens with one attached hydrogen (secondary N) is 2. The molecule has 0 radical (unpaired) electrons. The number of ether oxygens (including phenoxy) is 1. The van der Waals surface area contributed by atoms with Gasteiger partial charge in [-0.3, -0.25) is 4.79 Å². The summed E-state index contributed by atoms with van der Waals surface area (Å²) in [4.78, 5) is 16.1. The number of likely N-dealkylation sites (N-methyl/N-ethyl adjacent to an activating group) is 1. The Hall–Kier alpha value is -1.17. The van der Waals surface area contributed by atoms with Crippen molar-refractivity contribution in [2.75, 3.05) is 25.6 Å². The van der Waals surface area contributed by atoms with Crippen LogP contribution in [-0.4, -0.2) is 37.2 Å². The first kappa shape index (κ1) is 13.3. The summed E-state index contributed by atoms with van der Waals surface area (Å²) in [5.74, 6) is -0.296. The summed E-state index contributed by atoms with van der Waals surface area (Å²) in [5.41, 5.74) is 1.47. The van der Waals surface area contributed by atoms with Crippen molar-refractivity contribution >= 4 is 23.2 Å². The van der Waals surface area contributed by atoms with Crippen molar-refractivity contribution in [1.29, 1.82) is 0 Å². The number of rotatable bonds is 3. The lowest BCUT2D eigenvalue weighted by Crippen LogP contribution is -2.39. The number of pyridine rings is 1. The van der Waals surface area contributed by atoms with Gasteiger partial charge in [-0.2, -0.15) is 0 Å².